The molecule has 17 heavy (non-hydrogen) atoms. The number of fused-ring (bicyclic) bond motifs is 1. The number of aliphatic hydroxyl groups excluding tert-OH is 1. The summed E-state index contributed by atoms with van der Waals surface area (Å²) < 4.78 is 18.8. The third-order valence-corrected chi connectivity index (χ3v) is 3.63. The number of hydrogen-bond acceptors (Lipinski definition) is 4. The Labute approximate surface area is 102 Å². The Morgan fingerprint density at radius 2 is 2.35 bits per heavy atom. The molecule has 0 saturated heterocycles. The predicted octanol–water partition coefficient (Wildman–Crippen LogP) is 2.84. The van der Waals surface area contributed by atoms with Crippen LogP contribution in [0.1, 0.15) is 29.2 Å². The molecule has 1 aromatic heterocycles. The zero-order chi connectivity index (χ0) is 11.8. The van der Waals surface area contributed by atoms with Crippen LogP contribution in [0.3, 0.4) is 0 Å². The first-order chi connectivity index (χ1) is 8.24. The Bertz CT molecular complexity index is 529. The Balaban J connectivity index is 1.96. The van der Waals surface area contributed by atoms with Crippen LogP contribution in [-0.2, 0) is 0 Å². The molecule has 1 aromatic carbocycles. The van der Waals surface area contributed by atoms with E-state index in [1.165, 1.54) is 23.5 Å². The molecule has 1 N–H and O–H groups in total. The van der Waals surface area contributed by atoms with E-state index in [-0.39, 0.29) is 11.9 Å². The largest absolute Gasteiger partial charge is 0.483 e. The lowest BCUT2D eigenvalue weighted by Crippen LogP contribution is -2.19. The van der Waals surface area contributed by atoms with Gasteiger partial charge in [0.15, 0.2) is 6.10 Å². The van der Waals surface area contributed by atoms with Crippen molar-refractivity contribution in [1.29, 1.82) is 0 Å². The Morgan fingerprint density at radius 3 is 3.12 bits per heavy atom. The van der Waals surface area contributed by atoms with Crippen LogP contribution in [0.4, 0.5) is 4.39 Å². The van der Waals surface area contributed by atoms with Gasteiger partial charge in [0.05, 0.1) is 6.10 Å². The van der Waals surface area contributed by atoms with Gasteiger partial charge in [0.2, 0.25) is 0 Å². The molecular weight excluding hydrogens is 241 g/mol. The first kappa shape index (κ1) is 10.7. The fraction of sp³-hybridized carbons (Fsp3) is 0.250. The number of halogens is 1. The van der Waals surface area contributed by atoms with E-state index in [0.29, 0.717) is 17.7 Å². The van der Waals surface area contributed by atoms with E-state index < -0.39 is 6.10 Å². The number of thiazole rings is 1. The molecule has 0 radical (unpaired) electrons. The fourth-order valence-corrected chi connectivity index (χ4v) is 2.64. The lowest BCUT2D eigenvalue weighted by Gasteiger charge is -2.28. The van der Waals surface area contributed by atoms with E-state index >= 15 is 0 Å². The second kappa shape index (κ2) is 4.09. The Kier molecular flexibility index (Phi) is 2.57. The maximum absolute atomic E-state index is 13.1. The van der Waals surface area contributed by atoms with Gasteiger partial charge in [-0.3, -0.25) is 0 Å². The number of rotatable bonds is 1. The highest BCUT2D eigenvalue weighted by Crippen LogP contribution is 2.41. The van der Waals surface area contributed by atoms with Crippen LogP contribution in [0.15, 0.2) is 29.8 Å². The standard InChI is InChI=1S/C12H10FNO2S/c13-7-1-2-10-8(5-7)9(15)6-11(16-10)12-14-3-4-17-12/h1-5,9,11,15H,6H2/t9-,11?/m0/s1. The van der Waals surface area contributed by atoms with E-state index in [9.17, 15) is 9.50 Å². The molecule has 1 aliphatic heterocycles. The number of hydrogen-bond donors (Lipinski definition) is 1. The van der Waals surface area contributed by atoms with Gasteiger partial charge in [0, 0.05) is 23.6 Å². The zero-order valence-corrected chi connectivity index (χ0v) is 9.65. The van der Waals surface area contributed by atoms with Gasteiger partial charge in [-0.05, 0) is 18.2 Å². The molecule has 1 aliphatic rings. The number of ether oxygens (including phenoxy) is 1. The molecule has 0 aliphatic carbocycles. The maximum atomic E-state index is 13.1. The first-order valence-corrected chi connectivity index (χ1v) is 6.15. The van der Waals surface area contributed by atoms with Crippen LogP contribution in [0.25, 0.3) is 0 Å². The molecule has 2 heterocycles. The van der Waals surface area contributed by atoms with Crippen molar-refractivity contribution in [3.63, 3.8) is 0 Å². The van der Waals surface area contributed by atoms with E-state index in [0.717, 1.165) is 5.01 Å². The van der Waals surface area contributed by atoms with Gasteiger partial charge in [-0.1, -0.05) is 0 Å². The van der Waals surface area contributed by atoms with Crippen LogP contribution in [0.5, 0.6) is 5.75 Å². The van der Waals surface area contributed by atoms with Crippen LogP contribution < -0.4 is 4.74 Å². The fourth-order valence-electron chi connectivity index (χ4n) is 1.96. The van der Waals surface area contributed by atoms with Gasteiger partial charge in [0.25, 0.3) is 0 Å². The molecule has 0 fully saturated rings. The third kappa shape index (κ3) is 1.92. The summed E-state index contributed by atoms with van der Waals surface area (Å²) in [6.45, 7) is 0. The van der Waals surface area contributed by atoms with Crippen LogP contribution in [0, 0.1) is 5.82 Å². The van der Waals surface area contributed by atoms with Crippen LogP contribution >= 0.6 is 11.3 Å². The van der Waals surface area contributed by atoms with Gasteiger partial charge in [-0.25, -0.2) is 9.37 Å². The van der Waals surface area contributed by atoms with Crippen molar-refractivity contribution < 1.29 is 14.2 Å². The number of nitrogens with zero attached hydrogens (tertiary/aromatic N) is 1. The molecule has 2 aromatic rings. The van der Waals surface area contributed by atoms with Crippen LogP contribution in [-0.4, -0.2) is 10.1 Å². The number of aromatic nitrogens is 1. The molecule has 0 amide bonds. The topological polar surface area (TPSA) is 42.4 Å². The quantitative estimate of drug-likeness (QED) is 0.847. The van der Waals surface area contributed by atoms with Crippen molar-refractivity contribution >= 4 is 11.3 Å². The van der Waals surface area contributed by atoms with E-state index in [1.807, 2.05) is 5.38 Å². The predicted molar refractivity (Wildman–Crippen MR) is 61.5 cm³/mol. The summed E-state index contributed by atoms with van der Waals surface area (Å²) in [6, 6.07) is 4.20. The minimum absolute atomic E-state index is 0.247. The SMILES string of the molecule is O[C@H]1CC(c2nccs2)Oc2ccc(F)cc21. The van der Waals surface area contributed by atoms with Crippen molar-refractivity contribution in [3.05, 3.63) is 46.2 Å². The molecule has 3 nitrogen and oxygen atoms in total. The summed E-state index contributed by atoms with van der Waals surface area (Å²) in [5.74, 6) is 0.171. The normalized spacial score (nSPS) is 22.9. The van der Waals surface area contributed by atoms with E-state index in [2.05, 4.69) is 4.98 Å². The van der Waals surface area contributed by atoms with Crippen molar-refractivity contribution in [2.75, 3.05) is 0 Å². The molecular formula is C12H10FNO2S. The number of aliphatic hydroxyl groups is 1. The molecule has 88 valence electrons. The second-order valence-electron chi connectivity index (χ2n) is 3.91. The van der Waals surface area contributed by atoms with E-state index in [4.69, 9.17) is 4.74 Å². The average Bonchev–Trinajstić information content (AvgIpc) is 2.83. The minimum Gasteiger partial charge on any atom is -0.483 e. The highest BCUT2D eigenvalue weighted by molar-refractivity contribution is 7.09. The van der Waals surface area contributed by atoms with Gasteiger partial charge in [-0.2, -0.15) is 0 Å². The van der Waals surface area contributed by atoms with Crippen LogP contribution in [0.2, 0.25) is 0 Å². The van der Waals surface area contributed by atoms with Crippen molar-refractivity contribution in [2.24, 2.45) is 0 Å². The summed E-state index contributed by atoms with van der Waals surface area (Å²) in [4.78, 5) is 4.17. The highest BCUT2D eigenvalue weighted by Gasteiger charge is 2.29. The summed E-state index contributed by atoms with van der Waals surface area (Å²) in [6.07, 6.45) is 1.16. The van der Waals surface area contributed by atoms with Gasteiger partial charge >= 0.3 is 0 Å². The second-order valence-corrected chi connectivity index (χ2v) is 4.84. The van der Waals surface area contributed by atoms with Gasteiger partial charge < -0.3 is 9.84 Å². The van der Waals surface area contributed by atoms with Gasteiger partial charge in [0.1, 0.15) is 16.6 Å². The smallest absolute Gasteiger partial charge is 0.153 e. The van der Waals surface area contributed by atoms with Crippen molar-refractivity contribution in [1.82, 2.24) is 4.98 Å². The number of benzene rings is 1. The third-order valence-electron chi connectivity index (χ3n) is 2.76. The Morgan fingerprint density at radius 1 is 1.47 bits per heavy atom. The molecule has 3 rings (SSSR count). The summed E-state index contributed by atoms with van der Waals surface area (Å²) in [7, 11) is 0. The monoisotopic (exact) mass is 251 g/mol. The zero-order valence-electron chi connectivity index (χ0n) is 8.84. The van der Waals surface area contributed by atoms with E-state index in [1.54, 1.807) is 12.3 Å². The van der Waals surface area contributed by atoms with Crippen molar-refractivity contribution in [2.45, 2.75) is 18.6 Å². The highest BCUT2D eigenvalue weighted by atomic mass is 32.1. The molecule has 0 spiro atoms. The summed E-state index contributed by atoms with van der Waals surface area (Å²) in [5, 5.41) is 12.7. The van der Waals surface area contributed by atoms with Gasteiger partial charge in [-0.15, -0.1) is 11.3 Å². The molecule has 1 unspecified atom stereocenters. The lowest BCUT2D eigenvalue weighted by atomic mass is 9.99. The molecule has 0 saturated carbocycles. The maximum Gasteiger partial charge on any atom is 0.153 e. The summed E-state index contributed by atoms with van der Waals surface area (Å²) >= 11 is 1.49. The van der Waals surface area contributed by atoms with Crippen molar-refractivity contribution in [3.8, 4) is 5.75 Å². The lowest BCUT2D eigenvalue weighted by molar-refractivity contribution is 0.0652. The molecule has 0 bridgehead atoms. The summed E-state index contributed by atoms with van der Waals surface area (Å²) in [5.41, 5.74) is 0.512. The first-order valence-electron chi connectivity index (χ1n) is 5.27. The molecule has 5 heteroatoms. The Hall–Kier alpha value is -1.46. The minimum atomic E-state index is -0.705. The molecule has 2 atom stereocenters. The average molecular weight is 251 g/mol.